The summed E-state index contributed by atoms with van der Waals surface area (Å²) in [4.78, 5) is 14.6. The van der Waals surface area contributed by atoms with Gasteiger partial charge >= 0.3 is 0 Å². The smallest absolute Gasteiger partial charge is 0.195 e. The molecule has 0 spiro atoms. The van der Waals surface area contributed by atoms with Crippen LogP contribution in [0.15, 0.2) is 66.7 Å². The summed E-state index contributed by atoms with van der Waals surface area (Å²) in [7, 11) is 0. The summed E-state index contributed by atoms with van der Waals surface area (Å²) in [5, 5.41) is 24.0. The van der Waals surface area contributed by atoms with E-state index in [0.29, 0.717) is 17.7 Å². The second-order valence-corrected chi connectivity index (χ2v) is 12.4. The largest absolute Gasteiger partial charge is 0.508 e. The van der Waals surface area contributed by atoms with Crippen molar-refractivity contribution in [3.8, 4) is 27.7 Å². The number of nitrogens with one attached hydrogen (secondary N) is 1. The molecule has 0 bridgehead atoms. The zero-order valence-electron chi connectivity index (χ0n) is 25.6. The minimum absolute atomic E-state index is 0.0874. The third kappa shape index (κ3) is 10.1. The Kier molecular flexibility index (Phi) is 13.4. The molecule has 0 aliphatic heterocycles. The molecule has 0 aliphatic carbocycles. The van der Waals surface area contributed by atoms with Gasteiger partial charge in [0.1, 0.15) is 23.9 Å². The molecule has 43 heavy (non-hydrogen) atoms. The third-order valence-electron chi connectivity index (χ3n) is 7.90. The first kappa shape index (κ1) is 32.6. The van der Waals surface area contributed by atoms with Gasteiger partial charge in [-0.1, -0.05) is 77.6 Å². The van der Waals surface area contributed by atoms with Gasteiger partial charge in [0.25, 0.3) is 0 Å². The predicted molar refractivity (Wildman–Crippen MR) is 180 cm³/mol. The summed E-state index contributed by atoms with van der Waals surface area (Å²) in [6.45, 7) is 4.66. The van der Waals surface area contributed by atoms with Gasteiger partial charge in [0.2, 0.25) is 0 Å². The molecule has 0 saturated heterocycles. The molecular formula is C37H47NO4S. The van der Waals surface area contributed by atoms with Crippen molar-refractivity contribution >= 4 is 27.2 Å². The van der Waals surface area contributed by atoms with E-state index >= 15 is 0 Å². The lowest BCUT2D eigenvalue weighted by Gasteiger charge is -2.09. The molecular weight excluding hydrogens is 554 g/mol. The minimum atomic E-state index is -0.0874. The Morgan fingerprint density at radius 3 is 1.98 bits per heavy atom. The molecule has 0 amide bonds. The lowest BCUT2D eigenvalue weighted by molar-refractivity contribution is 0.104. The first-order valence-electron chi connectivity index (χ1n) is 16.1. The Bertz CT molecular complexity index is 1390. The number of phenols is 2. The Hall–Kier alpha value is -3.35. The summed E-state index contributed by atoms with van der Waals surface area (Å²) in [5.74, 6) is 0.985. The highest BCUT2D eigenvalue weighted by molar-refractivity contribution is 7.22. The molecule has 4 rings (SSSR count). The number of ether oxygens (including phenoxy) is 1. The molecule has 230 valence electrons. The van der Waals surface area contributed by atoms with Crippen molar-refractivity contribution in [2.24, 2.45) is 0 Å². The van der Waals surface area contributed by atoms with Gasteiger partial charge in [-0.05, 0) is 85.3 Å². The minimum Gasteiger partial charge on any atom is -0.508 e. The normalized spacial score (nSPS) is 11.3. The van der Waals surface area contributed by atoms with Crippen LogP contribution in [0.4, 0.5) is 0 Å². The fourth-order valence-corrected chi connectivity index (χ4v) is 6.67. The number of phenolic OH excluding ortho intramolecular Hbond substituents is 2. The summed E-state index contributed by atoms with van der Waals surface area (Å²) < 4.78 is 6.74. The summed E-state index contributed by atoms with van der Waals surface area (Å²) in [6, 6.07) is 19.2. The van der Waals surface area contributed by atoms with Crippen LogP contribution >= 0.6 is 11.3 Å². The molecule has 1 heterocycles. The molecule has 6 heteroatoms. The average Bonchev–Trinajstić information content (AvgIpc) is 3.39. The Morgan fingerprint density at radius 1 is 0.721 bits per heavy atom. The number of aromatic hydroxyl groups is 2. The maximum Gasteiger partial charge on any atom is 0.195 e. The van der Waals surface area contributed by atoms with Gasteiger partial charge in [-0.3, -0.25) is 4.79 Å². The highest BCUT2D eigenvalue weighted by atomic mass is 32.1. The van der Waals surface area contributed by atoms with Crippen LogP contribution in [-0.2, 0) is 0 Å². The van der Waals surface area contributed by atoms with E-state index in [0.717, 1.165) is 39.4 Å². The molecule has 0 saturated carbocycles. The van der Waals surface area contributed by atoms with Crippen LogP contribution in [0.25, 0.3) is 20.5 Å². The number of benzene rings is 3. The number of unbranched alkanes of at least 4 members (excludes halogenated alkanes) is 11. The van der Waals surface area contributed by atoms with Gasteiger partial charge in [-0.2, -0.15) is 0 Å². The Morgan fingerprint density at radius 2 is 1.33 bits per heavy atom. The molecule has 0 atom stereocenters. The van der Waals surface area contributed by atoms with E-state index in [1.807, 2.05) is 24.3 Å². The number of ketones is 1. The fourth-order valence-electron chi connectivity index (χ4n) is 5.43. The lowest BCUT2D eigenvalue weighted by Crippen LogP contribution is -2.22. The van der Waals surface area contributed by atoms with Crippen molar-refractivity contribution in [1.29, 1.82) is 0 Å². The van der Waals surface area contributed by atoms with E-state index in [4.69, 9.17) is 4.74 Å². The number of carbonyl (C=O) groups excluding carboxylic acids is 1. The topological polar surface area (TPSA) is 78.8 Å². The van der Waals surface area contributed by atoms with Crippen LogP contribution in [-0.4, -0.2) is 35.7 Å². The SMILES string of the molecule is CCCCCCCCCCCCCCNCCOc1ccc(C(=O)c2c(-c3ccc(O)cc3)sc3cc(O)ccc23)cc1. The van der Waals surface area contributed by atoms with Crippen molar-refractivity contribution in [2.45, 2.75) is 84.0 Å². The molecule has 1 aromatic heterocycles. The highest BCUT2D eigenvalue weighted by Gasteiger charge is 2.22. The fraction of sp³-hybridized carbons (Fsp3) is 0.432. The highest BCUT2D eigenvalue weighted by Crippen LogP contribution is 2.41. The van der Waals surface area contributed by atoms with Crippen LogP contribution in [0.5, 0.6) is 17.2 Å². The second kappa shape index (κ2) is 17.7. The average molecular weight is 602 g/mol. The van der Waals surface area contributed by atoms with Crippen LogP contribution in [0, 0.1) is 0 Å². The van der Waals surface area contributed by atoms with Gasteiger partial charge < -0.3 is 20.3 Å². The van der Waals surface area contributed by atoms with Crippen LogP contribution in [0.2, 0.25) is 0 Å². The molecule has 5 nitrogen and oxygen atoms in total. The predicted octanol–water partition coefficient (Wildman–Crippen LogP) is 9.88. The lowest BCUT2D eigenvalue weighted by atomic mass is 9.97. The number of hydrogen-bond acceptors (Lipinski definition) is 6. The van der Waals surface area contributed by atoms with Gasteiger partial charge in [0, 0.05) is 32.6 Å². The number of carbonyl (C=O) groups is 1. The zero-order chi connectivity index (χ0) is 30.3. The number of rotatable bonds is 20. The van der Waals surface area contributed by atoms with Crippen LogP contribution in [0.1, 0.15) is 99.9 Å². The Labute approximate surface area is 260 Å². The molecule has 0 aliphatic rings. The van der Waals surface area contributed by atoms with E-state index in [2.05, 4.69) is 12.2 Å². The molecule has 3 N–H and O–H groups in total. The van der Waals surface area contributed by atoms with E-state index in [1.165, 1.54) is 88.4 Å². The van der Waals surface area contributed by atoms with E-state index < -0.39 is 0 Å². The number of hydrogen-bond donors (Lipinski definition) is 3. The maximum atomic E-state index is 13.7. The van der Waals surface area contributed by atoms with E-state index in [9.17, 15) is 15.0 Å². The first-order chi connectivity index (χ1) is 21.1. The molecule has 4 aromatic rings. The van der Waals surface area contributed by atoms with E-state index in [1.54, 1.807) is 42.5 Å². The Balaban J connectivity index is 1.18. The van der Waals surface area contributed by atoms with Crippen LogP contribution < -0.4 is 10.1 Å². The van der Waals surface area contributed by atoms with Crippen molar-refractivity contribution in [2.75, 3.05) is 19.7 Å². The first-order valence-corrected chi connectivity index (χ1v) is 16.9. The van der Waals surface area contributed by atoms with Crippen molar-refractivity contribution in [1.82, 2.24) is 5.32 Å². The third-order valence-corrected chi connectivity index (χ3v) is 9.10. The quantitative estimate of drug-likeness (QED) is 0.0694. The molecule has 0 fully saturated rings. The number of thiophene rings is 1. The molecule has 0 unspecified atom stereocenters. The van der Waals surface area contributed by atoms with Gasteiger partial charge in [0.05, 0.1) is 0 Å². The van der Waals surface area contributed by atoms with Gasteiger partial charge in [-0.15, -0.1) is 11.3 Å². The van der Waals surface area contributed by atoms with Crippen LogP contribution in [0.3, 0.4) is 0 Å². The zero-order valence-corrected chi connectivity index (χ0v) is 26.4. The number of fused-ring (bicyclic) bond motifs is 1. The standard InChI is InChI=1S/C37H47NO4S/c1-2-3-4-5-6-7-8-9-10-11-12-13-24-38-25-26-42-32-21-16-28(17-22-32)36(41)35-33-23-20-31(40)27-34(33)43-37(35)29-14-18-30(39)19-15-29/h14-23,27,38-40H,2-13,24-26H2,1H3. The van der Waals surface area contributed by atoms with E-state index in [-0.39, 0.29) is 17.3 Å². The molecule has 0 radical (unpaired) electrons. The second-order valence-electron chi connectivity index (χ2n) is 11.4. The van der Waals surface area contributed by atoms with Crippen molar-refractivity contribution in [3.05, 3.63) is 77.9 Å². The van der Waals surface area contributed by atoms with Gasteiger partial charge in [0.15, 0.2) is 5.78 Å². The summed E-state index contributed by atoms with van der Waals surface area (Å²) >= 11 is 1.46. The summed E-state index contributed by atoms with van der Waals surface area (Å²) in [6.07, 6.45) is 16.3. The monoisotopic (exact) mass is 601 g/mol. The molecule has 3 aromatic carbocycles. The summed E-state index contributed by atoms with van der Waals surface area (Å²) in [5.41, 5.74) is 2.02. The van der Waals surface area contributed by atoms with Gasteiger partial charge in [-0.25, -0.2) is 0 Å². The van der Waals surface area contributed by atoms with Crippen molar-refractivity contribution in [3.63, 3.8) is 0 Å². The van der Waals surface area contributed by atoms with Crippen molar-refractivity contribution < 1.29 is 19.7 Å². The maximum absolute atomic E-state index is 13.7.